The number of hydrogen-bond donors (Lipinski definition) is 1. The average molecular weight is 361 g/mol. The smallest absolute Gasteiger partial charge is 0.258 e. The molecule has 1 amide bonds. The molecule has 0 atom stereocenters. The molecule has 1 saturated heterocycles. The van der Waals surface area contributed by atoms with Crippen LogP contribution in [0.25, 0.3) is 0 Å². The number of amides is 1. The zero-order valence-corrected chi connectivity index (χ0v) is 14.9. The highest BCUT2D eigenvalue weighted by Gasteiger charge is 2.14. The summed E-state index contributed by atoms with van der Waals surface area (Å²) in [7, 11) is 1.54. The van der Waals surface area contributed by atoms with Crippen LogP contribution in [0.2, 0.25) is 5.02 Å². The molecule has 1 aliphatic heterocycles. The molecule has 25 heavy (non-hydrogen) atoms. The molecule has 1 aliphatic rings. The van der Waals surface area contributed by atoms with Crippen LogP contribution in [0.3, 0.4) is 0 Å². The van der Waals surface area contributed by atoms with Gasteiger partial charge in [-0.05, 0) is 31.0 Å². The zero-order valence-electron chi connectivity index (χ0n) is 14.2. The second kappa shape index (κ2) is 8.16. The van der Waals surface area contributed by atoms with E-state index < -0.39 is 0 Å². The molecule has 0 unspecified atom stereocenters. The fourth-order valence-corrected chi connectivity index (χ4v) is 3.08. The molecule has 0 bridgehead atoms. The van der Waals surface area contributed by atoms with Crippen molar-refractivity contribution in [1.29, 1.82) is 0 Å². The summed E-state index contributed by atoms with van der Waals surface area (Å²) >= 11 is 6.07. The Morgan fingerprint density at radius 3 is 2.44 bits per heavy atom. The van der Waals surface area contributed by atoms with Gasteiger partial charge in [-0.25, -0.2) is 9.97 Å². The monoisotopic (exact) mass is 360 g/mol. The van der Waals surface area contributed by atoms with E-state index in [0.717, 1.165) is 25.9 Å². The Morgan fingerprint density at radius 2 is 1.84 bits per heavy atom. The van der Waals surface area contributed by atoms with Crippen LogP contribution in [0, 0.1) is 0 Å². The fraction of sp³-hybridized carbons (Fsp3) is 0.389. The minimum absolute atomic E-state index is 0.274. The Morgan fingerprint density at radius 1 is 1.16 bits per heavy atom. The van der Waals surface area contributed by atoms with Crippen LogP contribution in [-0.4, -0.2) is 36.1 Å². The van der Waals surface area contributed by atoms with E-state index in [9.17, 15) is 4.79 Å². The number of ether oxygens (including phenoxy) is 1. The molecule has 132 valence electrons. The molecule has 1 N–H and O–H groups in total. The predicted octanol–water partition coefficient (Wildman–Crippen LogP) is 3.77. The van der Waals surface area contributed by atoms with Crippen molar-refractivity contribution in [3.63, 3.8) is 0 Å². The summed E-state index contributed by atoms with van der Waals surface area (Å²) in [6.45, 7) is 1.94. The third kappa shape index (κ3) is 4.39. The number of halogens is 1. The van der Waals surface area contributed by atoms with E-state index in [1.807, 2.05) is 0 Å². The van der Waals surface area contributed by atoms with Gasteiger partial charge in [-0.15, -0.1) is 0 Å². The van der Waals surface area contributed by atoms with Gasteiger partial charge in [0, 0.05) is 31.2 Å². The molecule has 1 aromatic carbocycles. The van der Waals surface area contributed by atoms with E-state index >= 15 is 0 Å². The summed E-state index contributed by atoms with van der Waals surface area (Å²) < 4.78 is 5.10. The number of anilines is 2. The van der Waals surface area contributed by atoms with Gasteiger partial charge in [0.25, 0.3) is 5.91 Å². The van der Waals surface area contributed by atoms with E-state index in [1.54, 1.807) is 37.7 Å². The second-order valence-corrected chi connectivity index (χ2v) is 6.38. The lowest BCUT2D eigenvalue weighted by molar-refractivity contribution is 0.102. The Labute approximate surface area is 152 Å². The van der Waals surface area contributed by atoms with Crippen LogP contribution < -0.4 is 15.0 Å². The van der Waals surface area contributed by atoms with E-state index in [-0.39, 0.29) is 5.91 Å². The Hall–Kier alpha value is -2.34. The van der Waals surface area contributed by atoms with Crippen LogP contribution in [0.15, 0.2) is 30.6 Å². The first-order valence-electron chi connectivity index (χ1n) is 8.39. The number of carbonyl (C=O) groups excluding carboxylic acids is 1. The van der Waals surface area contributed by atoms with Gasteiger partial charge in [-0.3, -0.25) is 4.79 Å². The highest BCUT2D eigenvalue weighted by Crippen LogP contribution is 2.27. The van der Waals surface area contributed by atoms with Crippen LogP contribution in [0.5, 0.6) is 5.75 Å². The number of benzene rings is 1. The number of nitrogens with one attached hydrogen (secondary N) is 1. The molecule has 2 aromatic rings. The maximum atomic E-state index is 12.3. The summed E-state index contributed by atoms with van der Waals surface area (Å²) in [5.74, 6) is 0.972. The van der Waals surface area contributed by atoms with E-state index in [2.05, 4.69) is 20.2 Å². The van der Waals surface area contributed by atoms with Crippen molar-refractivity contribution >= 4 is 29.1 Å². The molecule has 7 heteroatoms. The minimum Gasteiger partial charge on any atom is -0.495 e. The Balaban J connectivity index is 1.67. The van der Waals surface area contributed by atoms with Gasteiger partial charge in [-0.2, -0.15) is 0 Å². The summed E-state index contributed by atoms with van der Waals surface area (Å²) in [5.41, 5.74) is 0.998. The molecular formula is C18H21ClN4O2. The molecule has 0 saturated carbocycles. The van der Waals surface area contributed by atoms with Crippen molar-refractivity contribution in [2.45, 2.75) is 25.7 Å². The first-order valence-corrected chi connectivity index (χ1v) is 8.77. The van der Waals surface area contributed by atoms with Crippen LogP contribution >= 0.6 is 11.6 Å². The van der Waals surface area contributed by atoms with Gasteiger partial charge in [0.05, 0.1) is 17.7 Å². The summed E-state index contributed by atoms with van der Waals surface area (Å²) in [4.78, 5) is 23.2. The number of methoxy groups -OCH3 is 1. The molecule has 1 fully saturated rings. The third-order valence-corrected chi connectivity index (χ3v) is 4.49. The van der Waals surface area contributed by atoms with Crippen LogP contribution in [0.4, 0.5) is 11.6 Å². The lowest BCUT2D eigenvalue weighted by atomic mass is 10.2. The molecule has 6 nitrogen and oxygen atoms in total. The first kappa shape index (κ1) is 17.5. The standard InChI is InChI=1S/C18H21ClN4O2/c1-25-16-7-6-14(10-15(16)19)22-17(24)13-11-20-18(21-12-13)23-8-4-2-3-5-9-23/h6-7,10-12H,2-5,8-9H2,1H3,(H,22,24). The second-order valence-electron chi connectivity index (χ2n) is 5.98. The van der Waals surface area contributed by atoms with Gasteiger partial charge in [-0.1, -0.05) is 24.4 Å². The fourth-order valence-electron chi connectivity index (χ4n) is 2.82. The lowest BCUT2D eigenvalue weighted by Crippen LogP contribution is -2.26. The normalized spacial score (nSPS) is 14.7. The molecule has 0 radical (unpaired) electrons. The average Bonchev–Trinajstić information content (AvgIpc) is 2.91. The molecule has 1 aromatic heterocycles. The largest absolute Gasteiger partial charge is 0.495 e. The SMILES string of the molecule is COc1ccc(NC(=O)c2cnc(N3CCCCCC3)nc2)cc1Cl. The van der Waals surface area contributed by atoms with Gasteiger partial charge in [0.15, 0.2) is 0 Å². The number of carbonyl (C=O) groups is 1. The zero-order chi connectivity index (χ0) is 17.6. The Kier molecular flexibility index (Phi) is 5.71. The number of nitrogens with zero attached hydrogens (tertiary/aromatic N) is 3. The Bertz CT molecular complexity index is 728. The highest BCUT2D eigenvalue weighted by atomic mass is 35.5. The maximum absolute atomic E-state index is 12.3. The van der Waals surface area contributed by atoms with E-state index in [1.165, 1.54) is 12.8 Å². The molecule has 0 spiro atoms. The van der Waals surface area contributed by atoms with Crippen molar-refractivity contribution in [3.05, 3.63) is 41.2 Å². The van der Waals surface area contributed by atoms with Crippen molar-refractivity contribution in [1.82, 2.24) is 9.97 Å². The summed E-state index contributed by atoms with van der Waals surface area (Å²) in [5, 5.41) is 3.22. The van der Waals surface area contributed by atoms with Crippen molar-refractivity contribution < 1.29 is 9.53 Å². The van der Waals surface area contributed by atoms with Crippen LogP contribution in [0.1, 0.15) is 36.0 Å². The van der Waals surface area contributed by atoms with Crippen LogP contribution in [-0.2, 0) is 0 Å². The summed E-state index contributed by atoms with van der Waals surface area (Å²) in [6, 6.07) is 5.08. The predicted molar refractivity (Wildman–Crippen MR) is 98.7 cm³/mol. The van der Waals surface area contributed by atoms with Gasteiger partial charge in [0.2, 0.25) is 5.95 Å². The first-order chi connectivity index (χ1) is 12.2. The molecule has 0 aliphatic carbocycles. The number of rotatable bonds is 4. The topological polar surface area (TPSA) is 67.3 Å². The number of hydrogen-bond acceptors (Lipinski definition) is 5. The van der Waals surface area contributed by atoms with Crippen molar-refractivity contribution in [3.8, 4) is 5.75 Å². The molecule has 3 rings (SSSR count). The lowest BCUT2D eigenvalue weighted by Gasteiger charge is -2.19. The third-order valence-electron chi connectivity index (χ3n) is 4.20. The van der Waals surface area contributed by atoms with E-state index in [0.29, 0.717) is 28.0 Å². The molecular weight excluding hydrogens is 340 g/mol. The van der Waals surface area contributed by atoms with Gasteiger partial charge in [0.1, 0.15) is 5.75 Å². The number of aromatic nitrogens is 2. The van der Waals surface area contributed by atoms with E-state index in [4.69, 9.17) is 16.3 Å². The highest BCUT2D eigenvalue weighted by molar-refractivity contribution is 6.32. The quantitative estimate of drug-likeness (QED) is 0.898. The molecule has 2 heterocycles. The van der Waals surface area contributed by atoms with Crippen molar-refractivity contribution in [2.24, 2.45) is 0 Å². The summed E-state index contributed by atoms with van der Waals surface area (Å²) in [6.07, 6.45) is 7.94. The van der Waals surface area contributed by atoms with Gasteiger partial charge < -0.3 is 15.0 Å². The van der Waals surface area contributed by atoms with Crippen molar-refractivity contribution in [2.75, 3.05) is 30.4 Å². The minimum atomic E-state index is -0.274. The maximum Gasteiger partial charge on any atom is 0.258 e. The van der Waals surface area contributed by atoms with Gasteiger partial charge >= 0.3 is 0 Å².